The van der Waals surface area contributed by atoms with Gasteiger partial charge >= 0.3 is 5.97 Å². The van der Waals surface area contributed by atoms with Crippen molar-refractivity contribution in [1.29, 1.82) is 0 Å². The van der Waals surface area contributed by atoms with Crippen molar-refractivity contribution in [1.82, 2.24) is 0 Å². The third-order valence-electron chi connectivity index (χ3n) is 3.55. The molecule has 2 heteroatoms. The van der Waals surface area contributed by atoms with Crippen LogP contribution < -0.4 is 0 Å². The van der Waals surface area contributed by atoms with E-state index < -0.39 is 0 Å². The van der Waals surface area contributed by atoms with Crippen molar-refractivity contribution in [2.24, 2.45) is 17.3 Å². The number of rotatable bonds is 1. The van der Waals surface area contributed by atoms with Crippen LogP contribution >= 0.6 is 0 Å². The van der Waals surface area contributed by atoms with Gasteiger partial charge in [0.25, 0.3) is 0 Å². The molecule has 3 unspecified atom stereocenters. The van der Waals surface area contributed by atoms with Crippen molar-refractivity contribution in [3.63, 3.8) is 0 Å². The number of carbonyl (C=O) groups excluding carboxylic acids is 1. The van der Waals surface area contributed by atoms with E-state index in [4.69, 9.17) is 4.74 Å². The highest BCUT2D eigenvalue weighted by Crippen LogP contribution is 2.41. The fourth-order valence-electron chi connectivity index (χ4n) is 2.70. The van der Waals surface area contributed by atoms with Crippen molar-refractivity contribution >= 4 is 5.97 Å². The van der Waals surface area contributed by atoms with E-state index in [1.165, 1.54) is 26.2 Å². The van der Waals surface area contributed by atoms with Crippen molar-refractivity contribution < 1.29 is 9.53 Å². The van der Waals surface area contributed by atoms with Crippen LogP contribution in [0.3, 0.4) is 0 Å². The van der Waals surface area contributed by atoms with Gasteiger partial charge in [-0.15, -0.1) is 0 Å². The lowest BCUT2D eigenvalue weighted by atomic mass is 9.67. The van der Waals surface area contributed by atoms with Gasteiger partial charge in [0.2, 0.25) is 0 Å². The standard InChI is InChI=1S/C13H24O2/c1-9-7-6-8-11(13(3,4)5)12(9)15-10(2)14/h9,11-12H,6-8H2,1-5H3. The smallest absolute Gasteiger partial charge is 0.302 e. The summed E-state index contributed by atoms with van der Waals surface area (Å²) in [4.78, 5) is 11.1. The van der Waals surface area contributed by atoms with E-state index in [9.17, 15) is 4.79 Å². The molecule has 0 heterocycles. The van der Waals surface area contributed by atoms with Gasteiger partial charge in [0.15, 0.2) is 0 Å². The number of ether oxygens (including phenoxy) is 1. The summed E-state index contributed by atoms with van der Waals surface area (Å²) in [7, 11) is 0. The molecule has 0 aromatic rings. The summed E-state index contributed by atoms with van der Waals surface area (Å²) >= 11 is 0. The minimum absolute atomic E-state index is 0.122. The number of esters is 1. The molecule has 1 rings (SSSR count). The first kappa shape index (κ1) is 12.5. The summed E-state index contributed by atoms with van der Waals surface area (Å²) in [5.41, 5.74) is 0.231. The first-order chi connectivity index (χ1) is 6.82. The maximum atomic E-state index is 11.1. The number of hydrogen-bond donors (Lipinski definition) is 0. The van der Waals surface area contributed by atoms with Crippen LogP contribution in [0, 0.1) is 17.3 Å². The molecular formula is C13H24O2. The lowest BCUT2D eigenvalue weighted by molar-refractivity contribution is -0.158. The van der Waals surface area contributed by atoms with Gasteiger partial charge in [0.1, 0.15) is 6.10 Å². The van der Waals surface area contributed by atoms with E-state index >= 15 is 0 Å². The van der Waals surface area contributed by atoms with E-state index in [1.807, 2.05) is 0 Å². The van der Waals surface area contributed by atoms with Crippen LogP contribution in [-0.2, 0) is 9.53 Å². The van der Waals surface area contributed by atoms with Crippen LogP contribution in [0.25, 0.3) is 0 Å². The molecule has 2 nitrogen and oxygen atoms in total. The second-order valence-electron chi connectivity index (χ2n) is 5.95. The molecule has 0 aliphatic heterocycles. The van der Waals surface area contributed by atoms with Crippen LogP contribution in [0.1, 0.15) is 53.9 Å². The Morgan fingerprint density at radius 1 is 1.27 bits per heavy atom. The van der Waals surface area contributed by atoms with Gasteiger partial charge in [-0.05, 0) is 24.2 Å². The van der Waals surface area contributed by atoms with Gasteiger partial charge in [-0.25, -0.2) is 0 Å². The Morgan fingerprint density at radius 2 is 1.87 bits per heavy atom. The second kappa shape index (κ2) is 4.54. The Bertz CT molecular complexity index is 227. The Kier molecular flexibility index (Phi) is 3.80. The molecule has 88 valence electrons. The van der Waals surface area contributed by atoms with Gasteiger partial charge in [-0.2, -0.15) is 0 Å². The Balaban J connectivity index is 2.77. The van der Waals surface area contributed by atoms with Crippen molar-refractivity contribution in [2.75, 3.05) is 0 Å². The van der Waals surface area contributed by atoms with Crippen molar-refractivity contribution in [3.05, 3.63) is 0 Å². The molecular weight excluding hydrogens is 188 g/mol. The first-order valence-electron chi connectivity index (χ1n) is 5.99. The van der Waals surface area contributed by atoms with Crippen molar-refractivity contribution in [3.8, 4) is 0 Å². The van der Waals surface area contributed by atoms with Crippen LogP contribution in [0.2, 0.25) is 0 Å². The summed E-state index contributed by atoms with van der Waals surface area (Å²) in [6, 6.07) is 0. The maximum Gasteiger partial charge on any atom is 0.302 e. The molecule has 0 aromatic carbocycles. The van der Waals surface area contributed by atoms with Gasteiger partial charge < -0.3 is 4.74 Å². The van der Waals surface area contributed by atoms with E-state index in [2.05, 4.69) is 27.7 Å². The lowest BCUT2D eigenvalue weighted by Crippen LogP contribution is -2.42. The Hall–Kier alpha value is -0.530. The highest BCUT2D eigenvalue weighted by atomic mass is 16.5. The zero-order valence-corrected chi connectivity index (χ0v) is 10.7. The minimum Gasteiger partial charge on any atom is -0.462 e. The molecule has 15 heavy (non-hydrogen) atoms. The molecule has 1 saturated carbocycles. The summed E-state index contributed by atoms with van der Waals surface area (Å²) in [6.45, 7) is 10.4. The zero-order chi connectivity index (χ0) is 11.6. The molecule has 0 amide bonds. The van der Waals surface area contributed by atoms with Gasteiger partial charge in [0, 0.05) is 12.8 Å². The summed E-state index contributed by atoms with van der Waals surface area (Å²) in [6.07, 6.45) is 3.76. The van der Waals surface area contributed by atoms with Crippen LogP contribution in [0.4, 0.5) is 0 Å². The fraction of sp³-hybridized carbons (Fsp3) is 0.923. The third kappa shape index (κ3) is 3.22. The van der Waals surface area contributed by atoms with E-state index in [0.29, 0.717) is 11.8 Å². The lowest BCUT2D eigenvalue weighted by Gasteiger charge is -2.42. The van der Waals surface area contributed by atoms with Crippen molar-refractivity contribution in [2.45, 2.75) is 60.0 Å². The maximum absolute atomic E-state index is 11.1. The topological polar surface area (TPSA) is 26.3 Å². The normalized spacial score (nSPS) is 32.5. The highest BCUT2D eigenvalue weighted by Gasteiger charge is 2.39. The Morgan fingerprint density at radius 3 is 2.33 bits per heavy atom. The van der Waals surface area contributed by atoms with E-state index in [0.717, 1.165) is 0 Å². The summed E-state index contributed by atoms with van der Waals surface area (Å²) in [5, 5.41) is 0. The third-order valence-corrected chi connectivity index (χ3v) is 3.55. The molecule has 3 atom stereocenters. The first-order valence-corrected chi connectivity index (χ1v) is 5.99. The number of carbonyl (C=O) groups is 1. The Labute approximate surface area is 93.4 Å². The van der Waals surface area contributed by atoms with Crippen LogP contribution in [0.5, 0.6) is 0 Å². The van der Waals surface area contributed by atoms with Crippen LogP contribution in [0.15, 0.2) is 0 Å². The molecule has 0 spiro atoms. The predicted octanol–water partition coefficient (Wildman–Crippen LogP) is 3.40. The predicted molar refractivity (Wildman–Crippen MR) is 61.5 cm³/mol. The van der Waals surface area contributed by atoms with Gasteiger partial charge in [0.05, 0.1) is 0 Å². The van der Waals surface area contributed by atoms with E-state index in [-0.39, 0.29) is 17.5 Å². The molecule has 1 aliphatic carbocycles. The van der Waals surface area contributed by atoms with E-state index in [1.54, 1.807) is 0 Å². The van der Waals surface area contributed by atoms with Gasteiger partial charge in [-0.1, -0.05) is 34.1 Å². The average molecular weight is 212 g/mol. The SMILES string of the molecule is CC(=O)OC1C(C)CCCC1C(C)(C)C. The molecule has 0 saturated heterocycles. The summed E-state index contributed by atoms with van der Waals surface area (Å²) < 4.78 is 5.50. The average Bonchev–Trinajstić information content (AvgIpc) is 2.05. The molecule has 0 aromatic heterocycles. The fourth-order valence-corrected chi connectivity index (χ4v) is 2.70. The molecule has 1 fully saturated rings. The molecule has 1 aliphatic rings. The highest BCUT2D eigenvalue weighted by molar-refractivity contribution is 5.66. The van der Waals surface area contributed by atoms with Gasteiger partial charge in [-0.3, -0.25) is 4.79 Å². The second-order valence-corrected chi connectivity index (χ2v) is 5.95. The van der Waals surface area contributed by atoms with Crippen LogP contribution in [-0.4, -0.2) is 12.1 Å². The number of hydrogen-bond acceptors (Lipinski definition) is 2. The molecule has 0 bridgehead atoms. The quantitative estimate of drug-likeness (QED) is 0.623. The monoisotopic (exact) mass is 212 g/mol. The largest absolute Gasteiger partial charge is 0.462 e. The molecule has 0 N–H and O–H groups in total. The minimum atomic E-state index is -0.136. The summed E-state index contributed by atoms with van der Waals surface area (Å²) in [5.74, 6) is 0.875. The zero-order valence-electron chi connectivity index (χ0n) is 10.7. The molecule has 0 radical (unpaired) electrons.